The molecule has 0 spiro atoms. The molecule has 4 heteroatoms. The van der Waals surface area contributed by atoms with Crippen LogP contribution >= 0.6 is 0 Å². The Labute approximate surface area is 62.4 Å². The number of amides is 1. The molecule has 0 unspecified atom stereocenters. The maximum absolute atomic E-state index is 10.8. The lowest BCUT2D eigenvalue weighted by Gasteiger charge is -2.00. The van der Waals surface area contributed by atoms with Gasteiger partial charge >= 0.3 is 0 Å². The highest BCUT2D eigenvalue weighted by molar-refractivity contribution is 6.29. The van der Waals surface area contributed by atoms with Gasteiger partial charge in [-0.15, -0.1) is 0 Å². The predicted molar refractivity (Wildman–Crippen MR) is 36.4 cm³/mol. The van der Waals surface area contributed by atoms with E-state index in [1.165, 1.54) is 0 Å². The van der Waals surface area contributed by atoms with Crippen molar-refractivity contribution in [2.45, 2.75) is 0 Å². The summed E-state index contributed by atoms with van der Waals surface area (Å²) >= 11 is 0. The van der Waals surface area contributed by atoms with Crippen LogP contribution in [-0.4, -0.2) is 17.5 Å². The first-order valence-corrected chi connectivity index (χ1v) is 2.89. The summed E-state index contributed by atoms with van der Waals surface area (Å²) in [5, 5.41) is 0. The monoisotopic (exact) mass is 151 g/mol. The van der Waals surface area contributed by atoms with Gasteiger partial charge < -0.3 is 5.73 Å². The van der Waals surface area contributed by atoms with Gasteiger partial charge in [0.15, 0.2) is 11.6 Å². The van der Waals surface area contributed by atoms with Crippen molar-refractivity contribution in [1.82, 2.24) is 0 Å². The lowest BCUT2D eigenvalue weighted by atomic mass is 10.0. The van der Waals surface area contributed by atoms with Crippen LogP contribution in [0.3, 0.4) is 0 Å². The van der Waals surface area contributed by atoms with Gasteiger partial charge in [0.25, 0.3) is 5.91 Å². The zero-order valence-corrected chi connectivity index (χ0v) is 5.53. The van der Waals surface area contributed by atoms with E-state index < -0.39 is 17.5 Å². The zero-order chi connectivity index (χ0) is 8.43. The number of nitrogens with two attached hydrogens (primary N) is 1. The Bertz CT molecular complexity index is 299. The second-order valence-electron chi connectivity index (χ2n) is 2.02. The molecule has 1 aliphatic carbocycles. The lowest BCUT2D eigenvalue weighted by molar-refractivity contribution is -0.120. The summed E-state index contributed by atoms with van der Waals surface area (Å²) in [5.74, 6) is -1.77. The molecule has 0 saturated carbocycles. The van der Waals surface area contributed by atoms with Gasteiger partial charge in [-0.05, 0) is 12.2 Å². The van der Waals surface area contributed by atoms with Gasteiger partial charge in [-0.2, -0.15) is 0 Å². The molecule has 1 aliphatic rings. The van der Waals surface area contributed by atoms with Crippen LogP contribution in [0.15, 0.2) is 23.8 Å². The molecule has 0 aromatic heterocycles. The molecule has 4 nitrogen and oxygen atoms in total. The molecule has 1 amide bonds. The van der Waals surface area contributed by atoms with Crippen LogP contribution in [0.1, 0.15) is 0 Å². The smallest absolute Gasteiger partial charge is 0.252 e. The molecular formula is C7H5NO3. The number of rotatable bonds is 1. The highest BCUT2D eigenvalue weighted by atomic mass is 16.2. The summed E-state index contributed by atoms with van der Waals surface area (Å²) in [6, 6.07) is 0. The van der Waals surface area contributed by atoms with Crippen molar-refractivity contribution in [3.8, 4) is 0 Å². The van der Waals surface area contributed by atoms with Crippen molar-refractivity contribution < 1.29 is 14.4 Å². The minimum atomic E-state index is -0.868. The molecular weight excluding hydrogens is 146 g/mol. The van der Waals surface area contributed by atoms with Crippen molar-refractivity contribution in [1.29, 1.82) is 0 Å². The molecule has 0 aromatic rings. The van der Waals surface area contributed by atoms with E-state index in [1.54, 1.807) is 0 Å². The molecule has 0 bridgehead atoms. The first-order valence-electron chi connectivity index (χ1n) is 2.89. The molecule has 0 aromatic carbocycles. The Kier molecular flexibility index (Phi) is 1.68. The number of hydrogen-bond acceptors (Lipinski definition) is 3. The van der Waals surface area contributed by atoms with Crippen molar-refractivity contribution in [2.75, 3.05) is 0 Å². The summed E-state index contributed by atoms with van der Waals surface area (Å²) in [7, 11) is 0. The summed E-state index contributed by atoms with van der Waals surface area (Å²) < 4.78 is 0. The molecule has 0 saturated heterocycles. The quantitative estimate of drug-likeness (QED) is 0.390. The predicted octanol–water partition coefficient (Wildman–Crippen LogP) is -0.894. The number of allylic oxidation sites excluding steroid dienone is 3. The third-order valence-electron chi connectivity index (χ3n) is 1.22. The van der Waals surface area contributed by atoms with Gasteiger partial charge in [0.1, 0.15) is 0 Å². The topological polar surface area (TPSA) is 77.2 Å². The van der Waals surface area contributed by atoms with E-state index in [0.29, 0.717) is 0 Å². The fraction of sp³-hybridized carbons (Fsp3) is 0. The van der Waals surface area contributed by atoms with Crippen LogP contribution in [0.4, 0.5) is 0 Å². The minimum Gasteiger partial charge on any atom is -0.365 e. The van der Waals surface area contributed by atoms with E-state index in [4.69, 9.17) is 5.73 Å². The van der Waals surface area contributed by atoms with Gasteiger partial charge in [-0.25, -0.2) is 0 Å². The van der Waals surface area contributed by atoms with Gasteiger partial charge in [0.2, 0.25) is 0 Å². The molecule has 0 radical (unpaired) electrons. The van der Waals surface area contributed by atoms with E-state index in [0.717, 1.165) is 18.2 Å². The second kappa shape index (κ2) is 2.49. The van der Waals surface area contributed by atoms with Crippen LogP contribution in [0.25, 0.3) is 0 Å². The zero-order valence-electron chi connectivity index (χ0n) is 5.53. The molecule has 1 rings (SSSR count). The maximum Gasteiger partial charge on any atom is 0.252 e. The van der Waals surface area contributed by atoms with Gasteiger partial charge in [-0.3, -0.25) is 14.4 Å². The normalized spacial score (nSPS) is 16.5. The van der Waals surface area contributed by atoms with E-state index in [1.807, 2.05) is 0 Å². The van der Waals surface area contributed by atoms with E-state index in [2.05, 4.69) is 0 Å². The van der Waals surface area contributed by atoms with Crippen molar-refractivity contribution in [2.24, 2.45) is 5.73 Å². The van der Waals surface area contributed by atoms with Crippen LogP contribution < -0.4 is 5.73 Å². The van der Waals surface area contributed by atoms with Gasteiger partial charge in [0, 0.05) is 6.08 Å². The largest absolute Gasteiger partial charge is 0.365 e. The molecule has 0 heterocycles. The standard InChI is InChI=1S/C7H5NO3/c8-7(11)5-3-4(9)1-2-6(5)10/h1-3H,(H2,8,11). The van der Waals surface area contributed by atoms with Crippen molar-refractivity contribution in [3.63, 3.8) is 0 Å². The first kappa shape index (κ1) is 7.40. The third-order valence-corrected chi connectivity index (χ3v) is 1.22. The number of carbonyl (C=O) groups excluding carboxylic acids is 3. The fourth-order valence-corrected chi connectivity index (χ4v) is 0.702. The van der Waals surface area contributed by atoms with E-state index in [9.17, 15) is 14.4 Å². The first-order chi connectivity index (χ1) is 5.11. The average molecular weight is 151 g/mol. The lowest BCUT2D eigenvalue weighted by Crippen LogP contribution is -2.22. The number of ketones is 2. The van der Waals surface area contributed by atoms with Crippen LogP contribution in [0, 0.1) is 0 Å². The van der Waals surface area contributed by atoms with Crippen LogP contribution in [-0.2, 0) is 14.4 Å². The molecule has 11 heavy (non-hydrogen) atoms. The second-order valence-corrected chi connectivity index (χ2v) is 2.02. The Morgan fingerprint density at radius 2 is 1.91 bits per heavy atom. The maximum atomic E-state index is 10.8. The molecule has 56 valence electrons. The van der Waals surface area contributed by atoms with E-state index in [-0.39, 0.29) is 5.57 Å². The summed E-state index contributed by atoms with van der Waals surface area (Å²) in [6.45, 7) is 0. The number of primary amides is 1. The Balaban J connectivity index is 3.03. The summed E-state index contributed by atoms with van der Waals surface area (Å²) in [5.41, 5.74) is 4.55. The summed E-state index contributed by atoms with van der Waals surface area (Å²) in [4.78, 5) is 31.8. The van der Waals surface area contributed by atoms with E-state index >= 15 is 0 Å². The summed E-state index contributed by atoms with van der Waals surface area (Å²) in [6.07, 6.45) is 3.06. The molecule has 0 atom stereocenters. The van der Waals surface area contributed by atoms with Crippen LogP contribution in [0.5, 0.6) is 0 Å². The Hall–Kier alpha value is -1.71. The number of hydrogen-bond donors (Lipinski definition) is 1. The Morgan fingerprint density at radius 1 is 1.27 bits per heavy atom. The van der Waals surface area contributed by atoms with Crippen LogP contribution in [0.2, 0.25) is 0 Å². The average Bonchev–Trinajstić information content (AvgIpc) is 1.94. The minimum absolute atomic E-state index is 0.252. The van der Waals surface area contributed by atoms with Gasteiger partial charge in [-0.1, -0.05) is 0 Å². The van der Waals surface area contributed by atoms with Gasteiger partial charge in [0.05, 0.1) is 5.57 Å². The van der Waals surface area contributed by atoms with Crippen molar-refractivity contribution in [3.05, 3.63) is 23.8 Å². The third kappa shape index (κ3) is 1.40. The highest BCUT2D eigenvalue weighted by Crippen LogP contribution is 2.03. The molecule has 0 aliphatic heterocycles. The molecule has 2 N–H and O–H groups in total. The Morgan fingerprint density at radius 3 is 2.36 bits per heavy atom. The molecule has 0 fully saturated rings. The number of carbonyl (C=O) groups is 3. The van der Waals surface area contributed by atoms with Crippen molar-refractivity contribution >= 4 is 17.5 Å². The highest BCUT2D eigenvalue weighted by Gasteiger charge is 2.17. The fourth-order valence-electron chi connectivity index (χ4n) is 0.702. The SMILES string of the molecule is NC(=O)C1=CC(=O)C=CC1=O.